The average molecular weight is 211 g/mol. The summed E-state index contributed by atoms with van der Waals surface area (Å²) < 4.78 is 0. The number of piperidine rings is 1. The molecule has 2 rings (SSSR count). The molecule has 0 aromatic carbocycles. The van der Waals surface area contributed by atoms with Gasteiger partial charge >= 0.3 is 0 Å². The Labute approximate surface area is 86.8 Å². The lowest BCUT2D eigenvalue weighted by Crippen LogP contribution is -2.53. The van der Waals surface area contributed by atoms with E-state index in [0.717, 1.165) is 0 Å². The molecular weight excluding hydrogens is 198 g/mol. The number of imide groups is 1. The molecule has 0 radical (unpaired) electrons. The number of carbonyl (C=O) groups is 3. The van der Waals surface area contributed by atoms with Gasteiger partial charge in [0.2, 0.25) is 17.7 Å². The van der Waals surface area contributed by atoms with Gasteiger partial charge in [0, 0.05) is 13.0 Å². The molecule has 82 valence electrons. The molecule has 3 N–H and O–H groups in total. The number of carbonyl (C=O) groups excluding carboxylic acids is 3. The lowest BCUT2D eigenvalue weighted by atomic mass is 10.0. The van der Waals surface area contributed by atoms with Gasteiger partial charge in [-0.2, -0.15) is 0 Å². The van der Waals surface area contributed by atoms with Gasteiger partial charge in [-0.25, -0.2) is 0 Å². The summed E-state index contributed by atoms with van der Waals surface area (Å²) in [4.78, 5) is 35.4. The number of amides is 3. The van der Waals surface area contributed by atoms with Gasteiger partial charge < -0.3 is 10.6 Å². The zero-order valence-electron chi connectivity index (χ0n) is 8.23. The van der Waals surface area contributed by atoms with Crippen molar-refractivity contribution in [2.24, 2.45) is 5.73 Å². The van der Waals surface area contributed by atoms with Gasteiger partial charge in [0.1, 0.15) is 6.04 Å². The summed E-state index contributed by atoms with van der Waals surface area (Å²) in [6.45, 7) is 0.506. The van der Waals surface area contributed by atoms with E-state index in [9.17, 15) is 14.4 Å². The molecule has 0 aromatic rings. The maximum Gasteiger partial charge on any atom is 0.249 e. The van der Waals surface area contributed by atoms with Crippen molar-refractivity contribution < 1.29 is 14.4 Å². The highest BCUT2D eigenvalue weighted by atomic mass is 16.2. The minimum absolute atomic E-state index is 0.190. The fraction of sp³-hybridized carbons (Fsp3) is 0.667. The predicted octanol–water partition coefficient (Wildman–Crippen LogP) is -1.65. The van der Waals surface area contributed by atoms with Gasteiger partial charge in [0.05, 0.1) is 6.04 Å². The minimum Gasteiger partial charge on any atom is -0.329 e. The van der Waals surface area contributed by atoms with Crippen molar-refractivity contribution in [2.45, 2.75) is 31.3 Å². The van der Waals surface area contributed by atoms with Gasteiger partial charge in [-0.1, -0.05) is 0 Å². The summed E-state index contributed by atoms with van der Waals surface area (Å²) in [5.74, 6) is -0.842. The van der Waals surface area contributed by atoms with E-state index in [4.69, 9.17) is 5.73 Å². The maximum absolute atomic E-state index is 11.6. The van der Waals surface area contributed by atoms with E-state index in [-0.39, 0.29) is 24.1 Å². The molecule has 2 fully saturated rings. The molecule has 2 heterocycles. The quantitative estimate of drug-likeness (QED) is 0.508. The minimum atomic E-state index is -0.510. The zero-order valence-corrected chi connectivity index (χ0v) is 8.23. The molecule has 2 unspecified atom stereocenters. The highest BCUT2D eigenvalue weighted by Gasteiger charge is 2.39. The van der Waals surface area contributed by atoms with E-state index in [0.29, 0.717) is 19.4 Å². The molecule has 0 aliphatic carbocycles. The van der Waals surface area contributed by atoms with Crippen molar-refractivity contribution in [1.82, 2.24) is 10.2 Å². The zero-order chi connectivity index (χ0) is 11.0. The fourth-order valence-corrected chi connectivity index (χ4v) is 2.01. The van der Waals surface area contributed by atoms with Crippen molar-refractivity contribution in [2.75, 3.05) is 6.54 Å². The standard InChI is InChI=1S/C9H13N3O3/c10-5-3-4-12(9(5)15)6-1-2-7(13)11-8(6)14/h5-6H,1-4,10H2,(H,11,13,14). The van der Waals surface area contributed by atoms with E-state index in [2.05, 4.69) is 5.32 Å². The Morgan fingerprint density at radius 3 is 2.53 bits per heavy atom. The second-order valence-electron chi connectivity index (χ2n) is 3.89. The molecule has 6 heteroatoms. The van der Waals surface area contributed by atoms with Gasteiger partial charge in [0.15, 0.2) is 0 Å². The second-order valence-corrected chi connectivity index (χ2v) is 3.89. The molecule has 0 aromatic heterocycles. The van der Waals surface area contributed by atoms with Crippen molar-refractivity contribution in [3.05, 3.63) is 0 Å². The Bertz CT molecular complexity index is 329. The topological polar surface area (TPSA) is 92.5 Å². The van der Waals surface area contributed by atoms with E-state index in [1.807, 2.05) is 0 Å². The molecule has 0 spiro atoms. The van der Waals surface area contributed by atoms with Crippen LogP contribution in [0, 0.1) is 0 Å². The molecule has 2 atom stereocenters. The number of nitrogens with zero attached hydrogens (tertiary/aromatic N) is 1. The van der Waals surface area contributed by atoms with Crippen molar-refractivity contribution >= 4 is 17.7 Å². The first-order valence-corrected chi connectivity index (χ1v) is 4.99. The Balaban J connectivity index is 2.08. The molecule has 2 aliphatic rings. The van der Waals surface area contributed by atoms with Crippen LogP contribution >= 0.6 is 0 Å². The predicted molar refractivity (Wildman–Crippen MR) is 50.5 cm³/mol. The van der Waals surface area contributed by atoms with E-state index in [1.165, 1.54) is 4.90 Å². The monoisotopic (exact) mass is 211 g/mol. The molecule has 2 aliphatic heterocycles. The smallest absolute Gasteiger partial charge is 0.249 e. The van der Waals surface area contributed by atoms with E-state index >= 15 is 0 Å². The summed E-state index contributed by atoms with van der Waals surface area (Å²) in [6, 6.07) is -1.00. The van der Waals surface area contributed by atoms with Gasteiger partial charge in [-0.15, -0.1) is 0 Å². The molecule has 0 saturated carbocycles. The van der Waals surface area contributed by atoms with Crippen LogP contribution in [0.1, 0.15) is 19.3 Å². The lowest BCUT2D eigenvalue weighted by molar-refractivity contribution is -0.143. The Hall–Kier alpha value is -1.43. The van der Waals surface area contributed by atoms with Crippen LogP contribution in [0.15, 0.2) is 0 Å². The molecule has 3 amide bonds. The lowest BCUT2D eigenvalue weighted by Gasteiger charge is -2.29. The third-order valence-electron chi connectivity index (χ3n) is 2.87. The van der Waals surface area contributed by atoms with Crippen molar-refractivity contribution in [1.29, 1.82) is 0 Å². The largest absolute Gasteiger partial charge is 0.329 e. The van der Waals surface area contributed by atoms with Crippen LogP contribution in [0.2, 0.25) is 0 Å². The third kappa shape index (κ3) is 1.72. The van der Waals surface area contributed by atoms with Crippen LogP contribution in [-0.2, 0) is 14.4 Å². The van der Waals surface area contributed by atoms with Gasteiger partial charge in [-0.3, -0.25) is 19.7 Å². The average Bonchev–Trinajstić information content (AvgIpc) is 2.49. The first-order valence-electron chi connectivity index (χ1n) is 4.99. The first kappa shape index (κ1) is 10.1. The Morgan fingerprint density at radius 1 is 1.27 bits per heavy atom. The fourth-order valence-electron chi connectivity index (χ4n) is 2.01. The normalized spacial score (nSPS) is 32.1. The van der Waals surface area contributed by atoms with Crippen LogP contribution in [0.25, 0.3) is 0 Å². The summed E-state index contributed by atoms with van der Waals surface area (Å²) in [5, 5.41) is 2.23. The van der Waals surface area contributed by atoms with Crippen molar-refractivity contribution in [3.63, 3.8) is 0 Å². The van der Waals surface area contributed by atoms with Crippen LogP contribution in [0.4, 0.5) is 0 Å². The molecule has 15 heavy (non-hydrogen) atoms. The second kappa shape index (κ2) is 3.62. The molecular formula is C9H13N3O3. The number of nitrogens with two attached hydrogens (primary N) is 1. The maximum atomic E-state index is 11.6. The summed E-state index contributed by atoms with van der Waals surface area (Å²) in [7, 11) is 0. The Morgan fingerprint density at radius 2 is 2.00 bits per heavy atom. The number of likely N-dealkylation sites (tertiary alicyclic amines) is 1. The first-order chi connectivity index (χ1) is 7.09. The SMILES string of the molecule is NC1CCN(C2CCC(=O)NC2=O)C1=O. The van der Waals surface area contributed by atoms with E-state index < -0.39 is 12.1 Å². The molecule has 6 nitrogen and oxygen atoms in total. The number of hydrogen-bond donors (Lipinski definition) is 2. The highest BCUT2D eigenvalue weighted by molar-refractivity contribution is 6.02. The third-order valence-corrected chi connectivity index (χ3v) is 2.87. The summed E-state index contributed by atoms with van der Waals surface area (Å²) in [5.41, 5.74) is 5.56. The van der Waals surface area contributed by atoms with Crippen LogP contribution in [0.5, 0.6) is 0 Å². The van der Waals surface area contributed by atoms with Crippen LogP contribution in [0.3, 0.4) is 0 Å². The van der Waals surface area contributed by atoms with Gasteiger partial charge in [0.25, 0.3) is 0 Å². The van der Waals surface area contributed by atoms with Crippen LogP contribution in [-0.4, -0.2) is 41.2 Å². The summed E-state index contributed by atoms with van der Waals surface area (Å²) >= 11 is 0. The number of nitrogens with one attached hydrogen (secondary N) is 1. The summed E-state index contributed by atoms with van der Waals surface area (Å²) in [6.07, 6.45) is 1.27. The number of hydrogen-bond acceptors (Lipinski definition) is 4. The van der Waals surface area contributed by atoms with Crippen LogP contribution < -0.4 is 11.1 Å². The molecule has 0 bridgehead atoms. The van der Waals surface area contributed by atoms with E-state index in [1.54, 1.807) is 0 Å². The van der Waals surface area contributed by atoms with Gasteiger partial charge in [-0.05, 0) is 12.8 Å². The van der Waals surface area contributed by atoms with Crippen molar-refractivity contribution in [3.8, 4) is 0 Å². The highest BCUT2D eigenvalue weighted by Crippen LogP contribution is 2.18. The number of rotatable bonds is 1. The Kier molecular flexibility index (Phi) is 2.44. The molecule has 2 saturated heterocycles.